The number of nitro benzene ring substituents is 1. The van der Waals surface area contributed by atoms with Gasteiger partial charge in [0, 0.05) is 41.4 Å². The Bertz CT molecular complexity index is 1490. The molecular weight excluding hydrogens is 600 g/mol. The predicted octanol–water partition coefficient (Wildman–Crippen LogP) is 2.63. The third-order valence-electron chi connectivity index (χ3n) is 9.40. The van der Waals surface area contributed by atoms with E-state index < -0.39 is 54.3 Å². The van der Waals surface area contributed by atoms with Crippen LogP contribution in [0, 0.1) is 16.0 Å². The summed E-state index contributed by atoms with van der Waals surface area (Å²) >= 11 is 0. The number of hydrogen-bond acceptors (Lipinski definition) is 9. The number of carbonyl (C=O) groups is 3. The number of ether oxygens (including phenoxy) is 1. The highest BCUT2D eigenvalue weighted by molar-refractivity contribution is 6.71. The van der Waals surface area contributed by atoms with Gasteiger partial charge in [0.15, 0.2) is 13.9 Å². The number of amides is 3. The van der Waals surface area contributed by atoms with Gasteiger partial charge < -0.3 is 34.9 Å². The lowest BCUT2D eigenvalue weighted by Gasteiger charge is -2.32. The molecule has 0 bridgehead atoms. The predicted molar refractivity (Wildman–Crippen MR) is 167 cm³/mol. The van der Waals surface area contributed by atoms with Gasteiger partial charge in [0.1, 0.15) is 6.10 Å². The van der Waals surface area contributed by atoms with Gasteiger partial charge in [-0.15, -0.1) is 0 Å². The van der Waals surface area contributed by atoms with E-state index >= 15 is 0 Å². The minimum atomic E-state index is -3.09. The van der Waals surface area contributed by atoms with Crippen molar-refractivity contribution in [1.82, 2.24) is 4.90 Å². The Morgan fingerprint density at radius 1 is 1.22 bits per heavy atom. The minimum Gasteiger partial charge on any atom is -0.432 e. The smallest absolute Gasteiger partial charge is 0.269 e. The molecule has 242 valence electrons. The number of anilines is 2. The van der Waals surface area contributed by atoms with E-state index in [0.29, 0.717) is 35.5 Å². The number of carbonyl (C=O) groups excluding carboxylic acids is 3. The molecule has 3 amide bonds. The van der Waals surface area contributed by atoms with Crippen LogP contribution >= 0.6 is 0 Å². The van der Waals surface area contributed by atoms with Gasteiger partial charge in [0.25, 0.3) is 17.5 Å². The number of fused-ring (bicyclic) bond motifs is 2. The number of nitrogens with one attached hydrogen (secondary N) is 1. The molecular formula is C31H40N4O9Si. The molecule has 0 radical (unpaired) electrons. The molecule has 6 atom stereocenters. The molecule has 3 aliphatic rings. The highest BCUT2D eigenvalue weighted by Gasteiger charge is 2.66. The zero-order valence-electron chi connectivity index (χ0n) is 25.8. The molecule has 4 N–H and O–H groups in total. The number of nitro groups is 1. The summed E-state index contributed by atoms with van der Waals surface area (Å²) in [6.07, 6.45) is -0.645. The van der Waals surface area contributed by atoms with Gasteiger partial charge in [-0.1, -0.05) is 19.1 Å². The Morgan fingerprint density at radius 2 is 1.91 bits per heavy atom. The van der Waals surface area contributed by atoms with Crippen LogP contribution < -0.4 is 10.2 Å². The van der Waals surface area contributed by atoms with Crippen LogP contribution in [0.1, 0.15) is 44.2 Å². The number of non-ortho nitro benzene ring substituents is 1. The standard InChI is InChI=1S/C31H40N4O9Si/c1-18-28(45(3,4)43)26(15-27(38)33-13-5-6-23(33)17-36)44-31(18)24-14-22(35(41)42)11-12-25(24)34(30(31)40)16-20-7-9-21(10-8-20)32-29(39)19(2)37/h7-12,14,18-19,23,26,28,36-37,43H,5-6,13,15-17H2,1-4H3,(H,32,39)/t18-,19+,23+,26+,28-,31+/m1/s1. The van der Waals surface area contributed by atoms with E-state index in [1.807, 2.05) is 0 Å². The first-order valence-corrected chi connectivity index (χ1v) is 18.2. The molecule has 45 heavy (non-hydrogen) atoms. The maximum atomic E-state index is 14.6. The van der Waals surface area contributed by atoms with Crippen LogP contribution in [0.2, 0.25) is 18.6 Å². The average molecular weight is 641 g/mol. The Labute approximate surface area is 262 Å². The number of hydrogen-bond donors (Lipinski definition) is 4. The number of benzene rings is 2. The van der Waals surface area contributed by atoms with Crippen LogP contribution in [0.4, 0.5) is 17.1 Å². The maximum Gasteiger partial charge on any atom is 0.269 e. The second-order valence-electron chi connectivity index (χ2n) is 12.8. The molecule has 14 heteroatoms. The molecule has 3 aliphatic heterocycles. The van der Waals surface area contributed by atoms with Crippen molar-refractivity contribution in [2.75, 3.05) is 23.4 Å². The first-order chi connectivity index (χ1) is 21.2. The minimum absolute atomic E-state index is 0.0896. The van der Waals surface area contributed by atoms with Crippen LogP contribution in [0.15, 0.2) is 42.5 Å². The third kappa shape index (κ3) is 5.88. The summed E-state index contributed by atoms with van der Waals surface area (Å²) in [6, 6.07) is 10.7. The van der Waals surface area contributed by atoms with Crippen LogP contribution in [0.5, 0.6) is 0 Å². The number of likely N-dealkylation sites (tertiary alicyclic amines) is 1. The largest absolute Gasteiger partial charge is 0.432 e. The molecule has 2 aromatic carbocycles. The molecule has 1 spiro atoms. The zero-order chi connectivity index (χ0) is 32.8. The number of rotatable bonds is 9. The Kier molecular flexibility index (Phi) is 8.90. The monoisotopic (exact) mass is 640 g/mol. The summed E-state index contributed by atoms with van der Waals surface area (Å²) in [6.45, 7) is 7.08. The summed E-state index contributed by atoms with van der Waals surface area (Å²) < 4.78 is 6.67. The van der Waals surface area contributed by atoms with Crippen molar-refractivity contribution in [2.45, 2.75) is 82.1 Å². The van der Waals surface area contributed by atoms with Crippen LogP contribution in [0.3, 0.4) is 0 Å². The van der Waals surface area contributed by atoms with E-state index in [0.717, 1.165) is 6.42 Å². The fourth-order valence-electron chi connectivity index (χ4n) is 7.30. The fourth-order valence-corrected chi connectivity index (χ4v) is 9.86. The van der Waals surface area contributed by atoms with Crippen LogP contribution in [-0.4, -0.2) is 82.3 Å². The van der Waals surface area contributed by atoms with Crippen molar-refractivity contribution in [3.05, 3.63) is 63.7 Å². The summed E-state index contributed by atoms with van der Waals surface area (Å²) in [7, 11) is -3.09. The van der Waals surface area contributed by atoms with Crippen LogP contribution in [-0.2, 0) is 31.3 Å². The van der Waals surface area contributed by atoms with E-state index in [1.165, 1.54) is 30.0 Å². The second kappa shape index (κ2) is 12.2. The topological polar surface area (TPSA) is 183 Å². The Morgan fingerprint density at radius 3 is 2.51 bits per heavy atom. The van der Waals surface area contributed by atoms with Crippen LogP contribution in [0.25, 0.3) is 0 Å². The molecule has 2 fully saturated rings. The van der Waals surface area contributed by atoms with Gasteiger partial charge in [-0.2, -0.15) is 0 Å². The van der Waals surface area contributed by atoms with Crippen molar-refractivity contribution in [3.8, 4) is 0 Å². The van der Waals surface area contributed by atoms with Crippen molar-refractivity contribution < 1.29 is 39.1 Å². The van der Waals surface area contributed by atoms with E-state index in [9.17, 15) is 39.5 Å². The van der Waals surface area contributed by atoms with Crippen molar-refractivity contribution in [1.29, 1.82) is 0 Å². The molecule has 5 rings (SSSR count). The third-order valence-corrected chi connectivity index (χ3v) is 11.9. The maximum absolute atomic E-state index is 14.6. The molecule has 0 aromatic heterocycles. The molecule has 0 unspecified atom stereocenters. The molecule has 0 aliphatic carbocycles. The average Bonchev–Trinajstić information content (AvgIpc) is 3.64. The zero-order valence-corrected chi connectivity index (χ0v) is 26.8. The highest BCUT2D eigenvalue weighted by Crippen LogP contribution is 2.60. The Hall–Kier alpha value is -3.69. The van der Waals surface area contributed by atoms with Crippen molar-refractivity contribution >= 4 is 43.1 Å². The van der Waals surface area contributed by atoms with Gasteiger partial charge in [-0.3, -0.25) is 24.5 Å². The second-order valence-corrected chi connectivity index (χ2v) is 16.8. The number of aliphatic hydroxyl groups is 2. The molecule has 0 saturated carbocycles. The molecule has 2 aromatic rings. The van der Waals surface area contributed by atoms with E-state index in [1.54, 1.807) is 49.2 Å². The van der Waals surface area contributed by atoms with Gasteiger partial charge >= 0.3 is 0 Å². The van der Waals surface area contributed by atoms with Gasteiger partial charge in [0.05, 0.1) is 42.3 Å². The lowest BCUT2D eigenvalue weighted by Crippen LogP contribution is -2.46. The molecule has 13 nitrogen and oxygen atoms in total. The lowest BCUT2D eigenvalue weighted by molar-refractivity contribution is -0.385. The SMILES string of the molecule is C[C@H](O)C(=O)Nc1ccc(CN2C(=O)[C@@]3(O[C@@H](CC(=O)N4CCC[C@H]4CO)[C@H]([Si](C)(C)O)[C@H]3C)c3cc([N+](=O)[O-])ccc32)cc1. The van der Waals surface area contributed by atoms with Gasteiger partial charge in [-0.25, -0.2) is 0 Å². The van der Waals surface area contributed by atoms with E-state index in [4.69, 9.17) is 4.74 Å². The van der Waals surface area contributed by atoms with Crippen molar-refractivity contribution in [3.63, 3.8) is 0 Å². The number of nitrogens with zero attached hydrogens (tertiary/aromatic N) is 3. The Balaban J connectivity index is 1.51. The summed E-state index contributed by atoms with van der Waals surface area (Å²) in [5.74, 6) is -1.85. The van der Waals surface area contributed by atoms with Crippen molar-refractivity contribution in [2.24, 2.45) is 5.92 Å². The lowest BCUT2D eigenvalue weighted by atomic mass is 9.82. The summed E-state index contributed by atoms with van der Waals surface area (Å²) in [5.41, 5.74) is -0.509. The first kappa shape index (κ1) is 32.7. The van der Waals surface area contributed by atoms with E-state index in [2.05, 4.69) is 5.32 Å². The first-order valence-electron chi connectivity index (χ1n) is 15.2. The molecule has 3 heterocycles. The summed E-state index contributed by atoms with van der Waals surface area (Å²) in [5, 5.41) is 33.7. The normalized spacial score (nSPS) is 26.8. The van der Waals surface area contributed by atoms with Gasteiger partial charge in [-0.05, 0) is 56.6 Å². The quantitative estimate of drug-likeness (QED) is 0.182. The summed E-state index contributed by atoms with van der Waals surface area (Å²) in [4.78, 5) is 65.9. The van der Waals surface area contributed by atoms with Gasteiger partial charge in [0.2, 0.25) is 5.91 Å². The fraction of sp³-hybridized carbons (Fsp3) is 0.516. The molecule has 2 saturated heterocycles. The number of aliphatic hydroxyl groups excluding tert-OH is 2. The van der Waals surface area contributed by atoms with E-state index in [-0.39, 0.29) is 37.2 Å². The highest BCUT2D eigenvalue weighted by atomic mass is 28.4.